The molecule has 0 aromatic heterocycles. The third-order valence-electron chi connectivity index (χ3n) is 15.9. The summed E-state index contributed by atoms with van der Waals surface area (Å²) in [5.74, 6) is -0.608. The van der Waals surface area contributed by atoms with Crippen molar-refractivity contribution in [3.63, 3.8) is 0 Å². The van der Waals surface area contributed by atoms with Crippen LogP contribution in [0.5, 0.6) is 0 Å². The topological polar surface area (TPSA) is 72.8 Å². The van der Waals surface area contributed by atoms with E-state index in [0.717, 1.165) is 122 Å². The number of esters is 2. The van der Waals surface area contributed by atoms with E-state index in [4.69, 9.17) is 9.47 Å². The van der Waals surface area contributed by atoms with Gasteiger partial charge in [-0.3, -0.25) is 9.59 Å². The van der Waals surface area contributed by atoms with E-state index in [1.165, 1.54) is 199 Å². The molecule has 0 saturated carbocycles. The highest BCUT2D eigenvalue weighted by molar-refractivity contribution is 5.70. The van der Waals surface area contributed by atoms with Crippen molar-refractivity contribution in [3.8, 4) is 0 Å². The summed E-state index contributed by atoms with van der Waals surface area (Å²) in [7, 11) is 0. The number of aliphatic hydroxyl groups excluding tert-OH is 1. The summed E-state index contributed by atoms with van der Waals surface area (Å²) in [6.07, 6.45) is 112. The van der Waals surface area contributed by atoms with Gasteiger partial charge in [0.25, 0.3) is 0 Å². The highest BCUT2D eigenvalue weighted by Gasteiger charge is 2.16. The van der Waals surface area contributed by atoms with Crippen molar-refractivity contribution < 1.29 is 24.2 Å². The largest absolute Gasteiger partial charge is 0.462 e. The minimum atomic E-state index is -0.792. The first kappa shape index (κ1) is 82.0. The Morgan fingerprint density at radius 1 is 0.279 bits per heavy atom. The van der Waals surface area contributed by atoms with Crippen molar-refractivity contribution in [2.24, 2.45) is 0 Å². The van der Waals surface area contributed by atoms with Crippen LogP contribution in [-0.4, -0.2) is 36.4 Å². The van der Waals surface area contributed by atoms with Gasteiger partial charge in [0.15, 0.2) is 6.10 Å². The van der Waals surface area contributed by atoms with E-state index in [1.54, 1.807) is 0 Å². The number of hydrogen-bond acceptors (Lipinski definition) is 5. The molecule has 0 saturated heterocycles. The molecule has 0 rings (SSSR count). The number of rotatable bonds is 67. The Bertz CT molecular complexity index is 1730. The van der Waals surface area contributed by atoms with Gasteiger partial charge in [-0.15, -0.1) is 0 Å². The molecule has 492 valence electrons. The molecule has 0 aliphatic rings. The SMILES string of the molecule is CC/C=C\C/C=C\C/C=C\C/C=C\C/C=C\C/C=C\C/C=C\C/C=C\C/C=C\CCCCCCCC(=O)OC(CO)COC(=O)CCCCCCCCCCCCCCCCCCCCCCCCCCCCC/C=C\C/C=C\CCCCCCC. The molecule has 0 amide bonds. The maximum atomic E-state index is 12.4. The van der Waals surface area contributed by atoms with Gasteiger partial charge in [-0.2, -0.15) is 0 Å². The van der Waals surface area contributed by atoms with Crippen LogP contribution in [0.4, 0.5) is 0 Å². The first-order chi connectivity index (χ1) is 42.6. The van der Waals surface area contributed by atoms with E-state index >= 15 is 0 Å². The van der Waals surface area contributed by atoms with Crippen LogP contribution >= 0.6 is 0 Å². The predicted octanol–water partition coefficient (Wildman–Crippen LogP) is 25.9. The number of ether oxygens (including phenoxy) is 2. The molecule has 0 aromatic carbocycles. The van der Waals surface area contributed by atoms with Crippen LogP contribution in [0.1, 0.15) is 348 Å². The Morgan fingerprint density at radius 2 is 0.500 bits per heavy atom. The van der Waals surface area contributed by atoms with Crippen molar-refractivity contribution in [1.29, 1.82) is 0 Å². The zero-order chi connectivity index (χ0) is 61.9. The number of carbonyl (C=O) groups excluding carboxylic acids is 2. The molecule has 0 aliphatic heterocycles. The van der Waals surface area contributed by atoms with E-state index in [0.29, 0.717) is 12.8 Å². The van der Waals surface area contributed by atoms with Gasteiger partial charge in [0.2, 0.25) is 0 Å². The van der Waals surface area contributed by atoms with Gasteiger partial charge >= 0.3 is 11.9 Å². The zero-order valence-corrected chi connectivity index (χ0v) is 56.5. The van der Waals surface area contributed by atoms with Crippen LogP contribution < -0.4 is 0 Å². The molecular formula is C81H138O5. The maximum Gasteiger partial charge on any atom is 0.306 e. The Hall–Kier alpha value is -3.96. The standard InChI is InChI=1S/C81H138O5/c1-3-5-7-9-11-13-15-17-19-21-23-25-27-29-31-33-35-37-38-39-40-41-42-44-45-47-49-51-53-55-57-59-61-63-65-67-69-71-73-75-80(83)85-78-79(77-82)86-81(84)76-74-72-70-68-66-64-62-60-58-56-54-52-50-48-46-43-36-34-32-30-28-26-24-22-20-18-16-14-12-10-8-6-4-2/h6,8,12,14-15,17-18,20-21,23-24,26,30,32,36,43,48,50,54,56,60,62,79,82H,3-5,7,9-11,13,16,19,22,25,27-29,31,33-35,37-42,44-47,49,51-53,55,57-59,61,63-78H2,1-2H3/b8-6-,14-12-,17-15-,20-18-,23-21-,26-24-,32-30-,43-36-,50-48-,56-54-,62-60-. The molecule has 0 bridgehead atoms. The highest BCUT2D eigenvalue weighted by Crippen LogP contribution is 2.18. The zero-order valence-electron chi connectivity index (χ0n) is 56.5. The van der Waals surface area contributed by atoms with Gasteiger partial charge in [0.1, 0.15) is 6.61 Å². The fourth-order valence-electron chi connectivity index (χ4n) is 10.5. The van der Waals surface area contributed by atoms with Crippen molar-refractivity contribution in [1.82, 2.24) is 0 Å². The third-order valence-corrected chi connectivity index (χ3v) is 15.9. The van der Waals surface area contributed by atoms with Gasteiger partial charge in [-0.25, -0.2) is 0 Å². The Kier molecular flexibility index (Phi) is 71.8. The summed E-state index contributed by atoms with van der Waals surface area (Å²) in [5, 5.41) is 9.71. The maximum absolute atomic E-state index is 12.4. The summed E-state index contributed by atoms with van der Waals surface area (Å²) >= 11 is 0. The fraction of sp³-hybridized carbons (Fsp3) is 0.704. The van der Waals surface area contributed by atoms with Crippen molar-refractivity contribution in [2.75, 3.05) is 13.2 Å². The second-order valence-corrected chi connectivity index (χ2v) is 24.3. The molecule has 0 aromatic rings. The van der Waals surface area contributed by atoms with Crippen molar-refractivity contribution >= 4 is 11.9 Å². The van der Waals surface area contributed by atoms with E-state index in [1.807, 2.05) is 0 Å². The summed E-state index contributed by atoms with van der Waals surface area (Å²) in [6, 6.07) is 0. The number of allylic oxidation sites excluding steroid dienone is 22. The summed E-state index contributed by atoms with van der Waals surface area (Å²) < 4.78 is 10.7. The van der Waals surface area contributed by atoms with E-state index in [2.05, 4.69) is 148 Å². The highest BCUT2D eigenvalue weighted by atomic mass is 16.6. The van der Waals surface area contributed by atoms with Crippen LogP contribution in [0.25, 0.3) is 0 Å². The monoisotopic (exact) mass is 1190 g/mol. The van der Waals surface area contributed by atoms with Crippen LogP contribution in [0.15, 0.2) is 134 Å². The molecule has 86 heavy (non-hydrogen) atoms. The summed E-state index contributed by atoms with van der Waals surface area (Å²) in [5.41, 5.74) is 0. The van der Waals surface area contributed by atoms with Gasteiger partial charge in [0, 0.05) is 12.8 Å². The third kappa shape index (κ3) is 72.5. The molecule has 0 radical (unpaired) electrons. The molecular weight excluding hydrogens is 1050 g/mol. The molecule has 1 atom stereocenters. The van der Waals surface area contributed by atoms with E-state index < -0.39 is 6.10 Å². The lowest BCUT2D eigenvalue weighted by Crippen LogP contribution is -2.28. The Balaban J connectivity index is 3.49. The van der Waals surface area contributed by atoms with Gasteiger partial charge in [0.05, 0.1) is 6.61 Å². The average molecular weight is 1190 g/mol. The molecule has 0 fully saturated rings. The second-order valence-electron chi connectivity index (χ2n) is 24.3. The molecule has 0 aliphatic carbocycles. The van der Waals surface area contributed by atoms with Gasteiger partial charge in [-0.05, 0) is 116 Å². The first-order valence-corrected chi connectivity index (χ1v) is 36.7. The summed E-state index contributed by atoms with van der Waals surface area (Å²) in [4.78, 5) is 24.7. The molecule has 0 spiro atoms. The lowest BCUT2D eigenvalue weighted by atomic mass is 10.0. The van der Waals surface area contributed by atoms with Crippen LogP contribution in [0.3, 0.4) is 0 Å². The van der Waals surface area contributed by atoms with Crippen molar-refractivity contribution in [3.05, 3.63) is 134 Å². The molecule has 1 unspecified atom stereocenters. The van der Waals surface area contributed by atoms with E-state index in [-0.39, 0.29) is 25.2 Å². The van der Waals surface area contributed by atoms with Crippen LogP contribution in [-0.2, 0) is 19.1 Å². The average Bonchev–Trinajstić information content (AvgIpc) is 3.55. The number of unbranched alkanes of at least 4 members (excludes halogenated alkanes) is 37. The lowest BCUT2D eigenvalue weighted by Gasteiger charge is -2.15. The fourth-order valence-corrected chi connectivity index (χ4v) is 10.5. The number of carbonyl (C=O) groups is 2. The molecule has 5 heteroatoms. The first-order valence-electron chi connectivity index (χ1n) is 36.7. The molecule has 1 N–H and O–H groups in total. The minimum Gasteiger partial charge on any atom is -0.462 e. The van der Waals surface area contributed by atoms with Crippen LogP contribution in [0.2, 0.25) is 0 Å². The predicted molar refractivity (Wildman–Crippen MR) is 380 cm³/mol. The van der Waals surface area contributed by atoms with Gasteiger partial charge in [-0.1, -0.05) is 353 Å². The second kappa shape index (κ2) is 75.3. The lowest BCUT2D eigenvalue weighted by molar-refractivity contribution is -0.161. The Morgan fingerprint density at radius 3 is 0.756 bits per heavy atom. The molecule has 5 nitrogen and oxygen atoms in total. The molecule has 0 heterocycles. The summed E-state index contributed by atoms with van der Waals surface area (Å²) in [6.45, 7) is 4.03. The number of hydrogen-bond donors (Lipinski definition) is 1. The van der Waals surface area contributed by atoms with Crippen molar-refractivity contribution in [2.45, 2.75) is 354 Å². The van der Waals surface area contributed by atoms with Crippen LogP contribution in [0, 0.1) is 0 Å². The normalized spacial score (nSPS) is 13.0. The Labute approximate surface area is 534 Å². The quantitative estimate of drug-likeness (QED) is 0.0373. The minimum absolute atomic E-state index is 0.0781. The van der Waals surface area contributed by atoms with Gasteiger partial charge < -0.3 is 14.6 Å². The number of aliphatic hydroxyl groups is 1. The smallest absolute Gasteiger partial charge is 0.306 e. The van der Waals surface area contributed by atoms with E-state index in [9.17, 15) is 14.7 Å².